The lowest BCUT2D eigenvalue weighted by Crippen LogP contribution is -2.31. The van der Waals surface area contributed by atoms with E-state index < -0.39 is 5.97 Å². The highest BCUT2D eigenvalue weighted by Gasteiger charge is 2.36. The van der Waals surface area contributed by atoms with Crippen molar-refractivity contribution in [1.29, 1.82) is 0 Å². The van der Waals surface area contributed by atoms with Gasteiger partial charge >= 0.3 is 5.97 Å². The highest BCUT2D eigenvalue weighted by atomic mass is 19.1. The number of aromatic hydroxyl groups is 1. The minimum atomic E-state index is -0.715. The predicted octanol–water partition coefficient (Wildman–Crippen LogP) is 5.33. The van der Waals surface area contributed by atoms with Crippen LogP contribution in [0.25, 0.3) is 16.6 Å². The SMILES string of the molecule is Cc1cc(-n2c(C3CCOCC3)c(CC3CC(C(=O)O)C3)c3cc(O)ccc32)ccc1F. The maximum atomic E-state index is 14.1. The van der Waals surface area contributed by atoms with E-state index in [1.54, 1.807) is 13.0 Å². The number of halogens is 1. The van der Waals surface area contributed by atoms with Crippen LogP contribution in [0.3, 0.4) is 0 Å². The first-order chi connectivity index (χ1) is 15.4. The molecule has 0 spiro atoms. The van der Waals surface area contributed by atoms with Crippen LogP contribution < -0.4 is 0 Å². The number of aliphatic carboxylic acids is 1. The van der Waals surface area contributed by atoms with Crippen LogP contribution in [0, 0.1) is 24.6 Å². The Morgan fingerprint density at radius 3 is 2.59 bits per heavy atom. The van der Waals surface area contributed by atoms with Gasteiger partial charge in [-0.1, -0.05) is 0 Å². The maximum absolute atomic E-state index is 14.1. The minimum absolute atomic E-state index is 0.210. The smallest absolute Gasteiger partial charge is 0.306 e. The van der Waals surface area contributed by atoms with Crippen molar-refractivity contribution >= 4 is 16.9 Å². The number of carboxylic acids is 1. The largest absolute Gasteiger partial charge is 0.508 e. The highest BCUT2D eigenvalue weighted by Crippen LogP contribution is 2.44. The fourth-order valence-corrected chi connectivity index (χ4v) is 5.42. The number of rotatable bonds is 5. The first kappa shape index (κ1) is 21.0. The Morgan fingerprint density at radius 1 is 1.16 bits per heavy atom. The molecule has 0 radical (unpaired) electrons. The number of aromatic nitrogens is 1. The van der Waals surface area contributed by atoms with Crippen molar-refractivity contribution in [2.24, 2.45) is 11.8 Å². The summed E-state index contributed by atoms with van der Waals surface area (Å²) < 4.78 is 21.9. The molecule has 2 aliphatic rings. The summed E-state index contributed by atoms with van der Waals surface area (Å²) in [4.78, 5) is 11.3. The van der Waals surface area contributed by atoms with Crippen LogP contribution in [0.5, 0.6) is 5.75 Å². The molecule has 1 aliphatic heterocycles. The van der Waals surface area contributed by atoms with Crippen molar-refractivity contribution in [2.75, 3.05) is 13.2 Å². The normalized spacial score (nSPS) is 21.6. The predicted molar refractivity (Wildman–Crippen MR) is 120 cm³/mol. The van der Waals surface area contributed by atoms with E-state index in [1.165, 1.54) is 17.3 Å². The highest BCUT2D eigenvalue weighted by molar-refractivity contribution is 5.89. The zero-order chi connectivity index (χ0) is 22.4. The standard InChI is InChI=1S/C26H28FNO4/c1-15-10-19(2-4-23(15)27)28-24-5-3-20(29)14-21(24)22(13-16-11-18(12-16)26(30)31)25(28)17-6-8-32-9-7-17/h2-5,10,14,16-18,29H,6-9,11-13H2,1H3,(H,30,31). The van der Waals surface area contributed by atoms with Gasteiger partial charge in [0, 0.05) is 35.9 Å². The second kappa shape index (κ2) is 8.24. The van der Waals surface area contributed by atoms with Gasteiger partial charge in [-0.05, 0) is 92.5 Å². The third kappa shape index (κ3) is 3.66. The number of nitrogens with zero attached hydrogens (tertiary/aromatic N) is 1. The molecule has 6 heteroatoms. The molecule has 0 unspecified atom stereocenters. The Morgan fingerprint density at radius 2 is 1.91 bits per heavy atom. The van der Waals surface area contributed by atoms with E-state index in [2.05, 4.69) is 4.57 Å². The molecule has 0 atom stereocenters. The summed E-state index contributed by atoms with van der Waals surface area (Å²) >= 11 is 0. The van der Waals surface area contributed by atoms with Crippen LogP contribution >= 0.6 is 0 Å². The van der Waals surface area contributed by atoms with Crippen LogP contribution in [0.2, 0.25) is 0 Å². The Bertz CT molecular complexity index is 1170. The van der Waals surface area contributed by atoms with Crippen molar-refractivity contribution in [2.45, 2.75) is 44.9 Å². The van der Waals surface area contributed by atoms with Gasteiger partial charge in [0.05, 0.1) is 11.4 Å². The summed E-state index contributed by atoms with van der Waals surface area (Å²) in [5, 5.41) is 20.6. The van der Waals surface area contributed by atoms with E-state index in [4.69, 9.17) is 4.74 Å². The fraction of sp³-hybridized carbons (Fsp3) is 0.423. The van der Waals surface area contributed by atoms with E-state index in [0.29, 0.717) is 37.5 Å². The van der Waals surface area contributed by atoms with Gasteiger partial charge in [0.25, 0.3) is 0 Å². The van der Waals surface area contributed by atoms with Crippen LogP contribution in [0.15, 0.2) is 36.4 Å². The molecule has 1 aromatic heterocycles. The Kier molecular flexibility index (Phi) is 5.41. The summed E-state index contributed by atoms with van der Waals surface area (Å²) in [5.74, 6) is -0.396. The lowest BCUT2D eigenvalue weighted by Gasteiger charge is -2.33. The van der Waals surface area contributed by atoms with Crippen molar-refractivity contribution in [3.8, 4) is 11.4 Å². The first-order valence-electron chi connectivity index (χ1n) is 11.4. The molecular weight excluding hydrogens is 409 g/mol. The fourth-order valence-electron chi connectivity index (χ4n) is 5.42. The molecule has 2 N–H and O–H groups in total. The van der Waals surface area contributed by atoms with Gasteiger partial charge in [0.2, 0.25) is 0 Å². The summed E-state index contributed by atoms with van der Waals surface area (Å²) in [6.45, 7) is 3.17. The van der Waals surface area contributed by atoms with Crippen LogP contribution in [-0.4, -0.2) is 34.0 Å². The van der Waals surface area contributed by atoms with Crippen LogP contribution in [0.4, 0.5) is 4.39 Å². The zero-order valence-electron chi connectivity index (χ0n) is 18.2. The molecule has 1 saturated carbocycles. The Balaban J connectivity index is 1.68. The van der Waals surface area contributed by atoms with E-state index in [0.717, 1.165) is 35.9 Å². The second-order valence-corrected chi connectivity index (χ2v) is 9.30. The van der Waals surface area contributed by atoms with Gasteiger partial charge in [0.15, 0.2) is 0 Å². The Labute approximate surface area is 186 Å². The molecule has 168 valence electrons. The topological polar surface area (TPSA) is 71.7 Å². The average Bonchev–Trinajstić information content (AvgIpc) is 3.06. The number of ether oxygens (including phenoxy) is 1. The third-order valence-electron chi connectivity index (χ3n) is 7.18. The summed E-state index contributed by atoms with van der Waals surface area (Å²) in [7, 11) is 0. The van der Waals surface area contributed by atoms with E-state index in [1.807, 2.05) is 24.3 Å². The molecule has 32 heavy (non-hydrogen) atoms. The number of phenols is 1. The molecule has 3 aromatic rings. The number of carbonyl (C=O) groups is 1. The van der Waals surface area contributed by atoms with E-state index >= 15 is 0 Å². The number of hydrogen-bond donors (Lipinski definition) is 2. The molecular formula is C26H28FNO4. The average molecular weight is 438 g/mol. The number of hydrogen-bond acceptors (Lipinski definition) is 3. The summed E-state index contributed by atoms with van der Waals surface area (Å²) in [6.07, 6.45) is 3.95. The number of aryl methyl sites for hydroxylation is 1. The number of carboxylic acid groups (broad SMARTS) is 1. The molecule has 2 heterocycles. The van der Waals surface area contributed by atoms with Crippen molar-refractivity contribution in [3.05, 3.63) is 59.0 Å². The van der Waals surface area contributed by atoms with E-state index in [9.17, 15) is 19.4 Å². The van der Waals surface area contributed by atoms with Gasteiger partial charge in [-0.25, -0.2) is 4.39 Å². The maximum Gasteiger partial charge on any atom is 0.306 e. The summed E-state index contributed by atoms with van der Waals surface area (Å²) in [5.41, 5.74) is 4.85. The second-order valence-electron chi connectivity index (χ2n) is 9.30. The molecule has 2 aromatic carbocycles. The first-order valence-corrected chi connectivity index (χ1v) is 11.4. The molecule has 1 aliphatic carbocycles. The molecule has 2 fully saturated rings. The Hall–Kier alpha value is -2.86. The van der Waals surface area contributed by atoms with Gasteiger partial charge in [-0.2, -0.15) is 0 Å². The van der Waals surface area contributed by atoms with Gasteiger partial charge < -0.3 is 19.5 Å². The number of fused-ring (bicyclic) bond motifs is 1. The number of phenolic OH excluding ortho intramolecular Hbond substituents is 1. The van der Waals surface area contributed by atoms with Crippen molar-refractivity contribution in [3.63, 3.8) is 0 Å². The van der Waals surface area contributed by atoms with Crippen LogP contribution in [-0.2, 0) is 16.0 Å². The third-order valence-corrected chi connectivity index (χ3v) is 7.18. The lowest BCUT2D eigenvalue weighted by atomic mass is 9.71. The van der Waals surface area contributed by atoms with Crippen molar-refractivity contribution in [1.82, 2.24) is 4.57 Å². The quantitative estimate of drug-likeness (QED) is 0.566. The van der Waals surface area contributed by atoms with Gasteiger partial charge in [-0.15, -0.1) is 0 Å². The van der Waals surface area contributed by atoms with Gasteiger partial charge in [-0.3, -0.25) is 4.79 Å². The lowest BCUT2D eigenvalue weighted by molar-refractivity contribution is -0.146. The molecule has 5 nitrogen and oxygen atoms in total. The summed E-state index contributed by atoms with van der Waals surface area (Å²) in [6, 6.07) is 10.6. The van der Waals surface area contributed by atoms with Gasteiger partial charge in [0.1, 0.15) is 11.6 Å². The van der Waals surface area contributed by atoms with E-state index in [-0.39, 0.29) is 23.4 Å². The van der Waals surface area contributed by atoms with Crippen LogP contribution in [0.1, 0.15) is 48.4 Å². The number of benzene rings is 2. The zero-order valence-corrected chi connectivity index (χ0v) is 18.2. The molecule has 0 bridgehead atoms. The van der Waals surface area contributed by atoms with Crippen molar-refractivity contribution < 1.29 is 24.1 Å². The monoisotopic (exact) mass is 437 g/mol. The molecule has 0 amide bonds. The minimum Gasteiger partial charge on any atom is -0.508 e. The molecule has 1 saturated heterocycles. The molecule has 5 rings (SSSR count).